The highest BCUT2D eigenvalue weighted by atomic mass is 16.5. The van der Waals surface area contributed by atoms with Gasteiger partial charge in [-0.1, -0.05) is 18.2 Å². The minimum Gasteiger partial charge on any atom is -0.381 e. The average molecular weight is 262 g/mol. The molecule has 0 radical (unpaired) electrons. The summed E-state index contributed by atoms with van der Waals surface area (Å²) in [6.07, 6.45) is 4.80. The Morgan fingerprint density at radius 3 is 2.89 bits per heavy atom. The van der Waals surface area contributed by atoms with Crippen LogP contribution in [0.5, 0.6) is 0 Å². The van der Waals surface area contributed by atoms with Crippen LogP contribution in [0, 0.1) is 0 Å². The molecule has 3 heteroatoms. The van der Waals surface area contributed by atoms with E-state index in [1.165, 1.54) is 24.9 Å². The summed E-state index contributed by atoms with van der Waals surface area (Å²) in [6, 6.07) is 11.2. The summed E-state index contributed by atoms with van der Waals surface area (Å²) >= 11 is 0. The van der Waals surface area contributed by atoms with Gasteiger partial charge in [0.1, 0.15) is 0 Å². The maximum Gasteiger partial charge on any atom is 0.0480 e. The van der Waals surface area contributed by atoms with Crippen molar-refractivity contribution in [3.63, 3.8) is 0 Å². The highest BCUT2D eigenvalue weighted by molar-refractivity contribution is 5.44. The van der Waals surface area contributed by atoms with Crippen LogP contribution in [0.3, 0.4) is 0 Å². The molecule has 0 spiro atoms. The number of ether oxygens (including phenoxy) is 1. The van der Waals surface area contributed by atoms with E-state index in [-0.39, 0.29) is 0 Å². The summed E-state index contributed by atoms with van der Waals surface area (Å²) in [7, 11) is 2.16. The van der Waals surface area contributed by atoms with Crippen LogP contribution in [-0.2, 0) is 4.74 Å². The second-order valence-corrected chi connectivity index (χ2v) is 5.30. The molecule has 1 aliphatic heterocycles. The molecular formula is C16H26N2O. The van der Waals surface area contributed by atoms with Crippen molar-refractivity contribution in [2.24, 2.45) is 0 Å². The van der Waals surface area contributed by atoms with Crippen LogP contribution in [0.1, 0.15) is 25.7 Å². The lowest BCUT2D eigenvalue weighted by Gasteiger charge is -2.20. The molecule has 0 amide bonds. The molecule has 1 heterocycles. The van der Waals surface area contributed by atoms with Gasteiger partial charge in [0.25, 0.3) is 0 Å². The van der Waals surface area contributed by atoms with Gasteiger partial charge in [0.15, 0.2) is 0 Å². The minimum atomic E-state index is 0.657. The van der Waals surface area contributed by atoms with Gasteiger partial charge in [-0.15, -0.1) is 0 Å². The third-order valence-corrected chi connectivity index (χ3v) is 3.75. The van der Waals surface area contributed by atoms with Crippen molar-refractivity contribution in [3.8, 4) is 0 Å². The third-order valence-electron chi connectivity index (χ3n) is 3.75. The van der Waals surface area contributed by atoms with E-state index in [0.717, 1.165) is 32.7 Å². The zero-order chi connectivity index (χ0) is 13.3. The topological polar surface area (TPSA) is 24.5 Å². The first-order valence-corrected chi connectivity index (χ1v) is 7.43. The Kier molecular flexibility index (Phi) is 6.18. The van der Waals surface area contributed by atoms with E-state index in [1.54, 1.807) is 0 Å². The molecule has 106 valence electrons. The number of nitrogens with one attached hydrogen (secondary N) is 1. The average Bonchev–Trinajstić information content (AvgIpc) is 2.73. The fraction of sp³-hybridized carbons (Fsp3) is 0.625. The van der Waals surface area contributed by atoms with Crippen LogP contribution in [-0.4, -0.2) is 39.4 Å². The summed E-state index contributed by atoms with van der Waals surface area (Å²) in [5, 5.41) is 3.66. The van der Waals surface area contributed by atoms with Gasteiger partial charge in [-0.2, -0.15) is 0 Å². The first-order chi connectivity index (χ1) is 9.36. The van der Waals surface area contributed by atoms with Crippen molar-refractivity contribution < 1.29 is 4.74 Å². The lowest BCUT2D eigenvalue weighted by molar-refractivity contribution is 0.142. The number of hydrogen-bond donors (Lipinski definition) is 1. The number of hydrogen-bond acceptors (Lipinski definition) is 3. The number of benzene rings is 1. The molecule has 0 bridgehead atoms. The van der Waals surface area contributed by atoms with Crippen molar-refractivity contribution in [1.29, 1.82) is 0 Å². The normalized spacial score (nSPS) is 19.9. The van der Waals surface area contributed by atoms with Crippen molar-refractivity contribution in [2.45, 2.75) is 31.7 Å². The Morgan fingerprint density at radius 1 is 1.21 bits per heavy atom. The first kappa shape index (κ1) is 14.4. The lowest BCUT2D eigenvalue weighted by atomic mass is 10.1. The fourth-order valence-electron chi connectivity index (χ4n) is 2.54. The number of nitrogens with zero attached hydrogens (tertiary/aromatic N) is 1. The zero-order valence-electron chi connectivity index (χ0n) is 12.0. The predicted molar refractivity (Wildman–Crippen MR) is 80.8 cm³/mol. The van der Waals surface area contributed by atoms with Crippen molar-refractivity contribution >= 4 is 5.69 Å². The highest BCUT2D eigenvalue weighted by Gasteiger charge is 2.11. The molecule has 1 fully saturated rings. The molecule has 1 saturated heterocycles. The molecule has 2 rings (SSSR count). The van der Waals surface area contributed by atoms with Gasteiger partial charge in [0.05, 0.1) is 0 Å². The van der Waals surface area contributed by atoms with Crippen LogP contribution in [0.2, 0.25) is 0 Å². The van der Waals surface area contributed by atoms with Crippen LogP contribution in [0.4, 0.5) is 5.69 Å². The SMILES string of the molecule is CN(CCCNC1CCCOCC1)c1ccccc1. The van der Waals surface area contributed by atoms with Crippen LogP contribution >= 0.6 is 0 Å². The second-order valence-electron chi connectivity index (χ2n) is 5.30. The van der Waals surface area contributed by atoms with Gasteiger partial charge in [0, 0.05) is 38.5 Å². The molecule has 1 aromatic carbocycles. The van der Waals surface area contributed by atoms with E-state index in [0.29, 0.717) is 6.04 Å². The van der Waals surface area contributed by atoms with Gasteiger partial charge in [-0.25, -0.2) is 0 Å². The van der Waals surface area contributed by atoms with Crippen molar-refractivity contribution in [2.75, 3.05) is 38.3 Å². The number of anilines is 1. The molecule has 19 heavy (non-hydrogen) atoms. The van der Waals surface area contributed by atoms with Gasteiger partial charge in [0.2, 0.25) is 0 Å². The van der Waals surface area contributed by atoms with Crippen molar-refractivity contribution in [3.05, 3.63) is 30.3 Å². The van der Waals surface area contributed by atoms with Crippen LogP contribution in [0.15, 0.2) is 30.3 Å². The Hall–Kier alpha value is -1.06. The van der Waals surface area contributed by atoms with Gasteiger partial charge in [-0.05, 0) is 44.4 Å². The monoisotopic (exact) mass is 262 g/mol. The van der Waals surface area contributed by atoms with Crippen LogP contribution in [0.25, 0.3) is 0 Å². The Balaban J connectivity index is 1.61. The molecular weight excluding hydrogens is 236 g/mol. The van der Waals surface area contributed by atoms with E-state index >= 15 is 0 Å². The zero-order valence-corrected chi connectivity index (χ0v) is 12.0. The molecule has 1 unspecified atom stereocenters. The summed E-state index contributed by atoms with van der Waals surface area (Å²) < 4.78 is 5.48. The van der Waals surface area contributed by atoms with Gasteiger partial charge < -0.3 is 15.0 Å². The van der Waals surface area contributed by atoms with Gasteiger partial charge >= 0.3 is 0 Å². The second kappa shape index (κ2) is 8.18. The molecule has 1 atom stereocenters. The Labute approximate surface area is 116 Å². The van der Waals surface area contributed by atoms with Gasteiger partial charge in [-0.3, -0.25) is 0 Å². The summed E-state index contributed by atoms with van der Waals surface area (Å²) in [5.41, 5.74) is 1.30. The third kappa shape index (κ3) is 5.21. The molecule has 0 aliphatic carbocycles. The summed E-state index contributed by atoms with van der Waals surface area (Å²) in [5.74, 6) is 0. The molecule has 3 nitrogen and oxygen atoms in total. The first-order valence-electron chi connectivity index (χ1n) is 7.43. The maximum absolute atomic E-state index is 5.48. The summed E-state index contributed by atoms with van der Waals surface area (Å²) in [4.78, 5) is 2.32. The summed E-state index contributed by atoms with van der Waals surface area (Å²) in [6.45, 7) is 4.05. The molecule has 1 aromatic rings. The predicted octanol–water partition coefficient (Wildman–Crippen LogP) is 2.67. The van der Waals surface area contributed by atoms with E-state index in [4.69, 9.17) is 4.74 Å². The number of rotatable bonds is 6. The quantitative estimate of drug-likeness (QED) is 0.798. The standard InChI is InChI=1S/C16H26N2O/c1-18(16-8-3-2-4-9-16)12-6-11-17-15-7-5-13-19-14-10-15/h2-4,8-9,15,17H,5-7,10-14H2,1H3. The van der Waals surface area contributed by atoms with E-state index < -0.39 is 0 Å². The largest absolute Gasteiger partial charge is 0.381 e. The van der Waals surface area contributed by atoms with Crippen molar-refractivity contribution in [1.82, 2.24) is 5.32 Å². The molecule has 0 aromatic heterocycles. The molecule has 1 N–H and O–H groups in total. The minimum absolute atomic E-state index is 0.657. The smallest absolute Gasteiger partial charge is 0.0480 e. The fourth-order valence-corrected chi connectivity index (χ4v) is 2.54. The lowest BCUT2D eigenvalue weighted by Crippen LogP contribution is -2.32. The van der Waals surface area contributed by atoms with Crippen LogP contribution < -0.4 is 10.2 Å². The molecule has 0 saturated carbocycles. The highest BCUT2D eigenvalue weighted by Crippen LogP contribution is 2.11. The maximum atomic E-state index is 5.48. The Bertz CT molecular complexity index is 334. The van der Waals surface area contributed by atoms with E-state index in [1.807, 2.05) is 0 Å². The number of para-hydroxylation sites is 1. The molecule has 1 aliphatic rings. The van der Waals surface area contributed by atoms with E-state index in [2.05, 4.69) is 47.6 Å². The Morgan fingerprint density at radius 2 is 2.05 bits per heavy atom. The van der Waals surface area contributed by atoms with E-state index in [9.17, 15) is 0 Å².